The zero-order valence-corrected chi connectivity index (χ0v) is 13.1. The van der Waals surface area contributed by atoms with Crippen molar-refractivity contribution >= 4 is 33.3 Å². The lowest BCUT2D eigenvalue weighted by Crippen LogP contribution is -2.20. The average Bonchev–Trinajstić information content (AvgIpc) is 2.45. The molecule has 110 valence electrons. The van der Waals surface area contributed by atoms with Gasteiger partial charge in [0.25, 0.3) is 0 Å². The molecule has 2 rings (SSSR count). The Morgan fingerprint density at radius 3 is 2.71 bits per heavy atom. The first kappa shape index (κ1) is 15.3. The normalized spacial score (nSPS) is 10.1. The van der Waals surface area contributed by atoms with Crippen LogP contribution < -0.4 is 15.4 Å². The molecule has 6 heteroatoms. The fourth-order valence-corrected chi connectivity index (χ4v) is 2.11. The van der Waals surface area contributed by atoms with E-state index in [1.54, 1.807) is 38.3 Å². The standard InChI is InChI=1S/C15H14BrFN2O2/c1-9-6-13(17)12(16)8-14(9)19-15(20)18-10-4-3-5-11(7-10)21-2/h3-8H,1-2H3,(H2,18,19,20). The molecule has 0 atom stereocenters. The molecule has 2 aromatic rings. The maximum absolute atomic E-state index is 13.3. The summed E-state index contributed by atoms with van der Waals surface area (Å²) in [5.74, 6) is 0.278. The van der Waals surface area contributed by atoms with Gasteiger partial charge in [0, 0.05) is 17.4 Å². The van der Waals surface area contributed by atoms with Crippen LogP contribution in [0, 0.1) is 12.7 Å². The van der Waals surface area contributed by atoms with Gasteiger partial charge in [0.05, 0.1) is 11.6 Å². The summed E-state index contributed by atoms with van der Waals surface area (Å²) < 4.78 is 18.7. The van der Waals surface area contributed by atoms with Gasteiger partial charge in [-0.1, -0.05) is 6.07 Å². The molecule has 0 bridgehead atoms. The predicted molar refractivity (Wildman–Crippen MR) is 84.5 cm³/mol. The highest BCUT2D eigenvalue weighted by atomic mass is 79.9. The van der Waals surface area contributed by atoms with E-state index in [0.717, 1.165) is 0 Å². The lowest BCUT2D eigenvalue weighted by molar-refractivity contribution is 0.262. The van der Waals surface area contributed by atoms with Crippen LogP contribution in [0.15, 0.2) is 40.9 Å². The van der Waals surface area contributed by atoms with E-state index < -0.39 is 6.03 Å². The molecular formula is C15H14BrFN2O2. The number of amides is 2. The first-order valence-electron chi connectivity index (χ1n) is 6.17. The van der Waals surface area contributed by atoms with Crippen molar-refractivity contribution in [1.82, 2.24) is 0 Å². The highest BCUT2D eigenvalue weighted by molar-refractivity contribution is 9.10. The largest absolute Gasteiger partial charge is 0.497 e. The van der Waals surface area contributed by atoms with Gasteiger partial charge in [0.1, 0.15) is 11.6 Å². The van der Waals surface area contributed by atoms with Crippen LogP contribution in [-0.2, 0) is 0 Å². The maximum Gasteiger partial charge on any atom is 0.323 e. The molecule has 2 amide bonds. The SMILES string of the molecule is COc1cccc(NC(=O)Nc2cc(Br)c(F)cc2C)c1. The van der Waals surface area contributed by atoms with E-state index in [9.17, 15) is 9.18 Å². The number of hydrogen-bond acceptors (Lipinski definition) is 2. The van der Waals surface area contributed by atoms with Gasteiger partial charge in [0.15, 0.2) is 0 Å². The fourth-order valence-electron chi connectivity index (χ4n) is 1.77. The summed E-state index contributed by atoms with van der Waals surface area (Å²) in [7, 11) is 1.55. The molecule has 0 saturated carbocycles. The van der Waals surface area contributed by atoms with Gasteiger partial charge in [-0.25, -0.2) is 9.18 Å². The van der Waals surface area contributed by atoms with E-state index in [2.05, 4.69) is 26.6 Å². The van der Waals surface area contributed by atoms with Gasteiger partial charge in [-0.3, -0.25) is 0 Å². The Labute approximate surface area is 130 Å². The van der Waals surface area contributed by atoms with E-state index >= 15 is 0 Å². The number of hydrogen-bond donors (Lipinski definition) is 2. The minimum atomic E-state index is -0.412. The van der Waals surface area contributed by atoms with E-state index in [1.165, 1.54) is 12.1 Å². The Hall–Kier alpha value is -2.08. The average molecular weight is 353 g/mol. The minimum Gasteiger partial charge on any atom is -0.497 e. The second-order valence-corrected chi connectivity index (χ2v) is 5.25. The minimum absolute atomic E-state index is 0.296. The van der Waals surface area contributed by atoms with Gasteiger partial charge in [0.2, 0.25) is 0 Å². The molecule has 4 nitrogen and oxygen atoms in total. The molecule has 0 unspecified atom stereocenters. The summed E-state index contributed by atoms with van der Waals surface area (Å²) in [4.78, 5) is 12.0. The predicted octanol–water partition coefficient (Wildman–Crippen LogP) is 4.55. The van der Waals surface area contributed by atoms with Crippen molar-refractivity contribution in [2.75, 3.05) is 17.7 Å². The Bertz CT molecular complexity index is 677. The molecule has 0 saturated heterocycles. The Morgan fingerprint density at radius 1 is 1.24 bits per heavy atom. The number of carbonyl (C=O) groups excluding carboxylic acids is 1. The van der Waals surface area contributed by atoms with Crippen molar-refractivity contribution in [2.45, 2.75) is 6.92 Å². The molecule has 0 aliphatic heterocycles. The van der Waals surface area contributed by atoms with Gasteiger partial charge in [-0.15, -0.1) is 0 Å². The zero-order valence-electron chi connectivity index (χ0n) is 11.5. The van der Waals surface area contributed by atoms with Crippen LogP contribution in [0.5, 0.6) is 5.75 Å². The molecule has 0 aromatic heterocycles. The number of carbonyl (C=O) groups is 1. The molecule has 0 heterocycles. The van der Waals surface area contributed by atoms with Crippen molar-refractivity contribution in [2.24, 2.45) is 0 Å². The monoisotopic (exact) mass is 352 g/mol. The number of ether oxygens (including phenoxy) is 1. The van der Waals surface area contributed by atoms with Crippen LogP contribution in [0.2, 0.25) is 0 Å². The molecule has 0 aliphatic carbocycles. The summed E-state index contributed by atoms with van der Waals surface area (Å²) in [5.41, 5.74) is 1.77. The summed E-state index contributed by atoms with van der Waals surface area (Å²) in [6.45, 7) is 1.72. The molecule has 0 aliphatic rings. The van der Waals surface area contributed by atoms with Crippen LogP contribution in [0.25, 0.3) is 0 Å². The first-order valence-corrected chi connectivity index (χ1v) is 6.96. The number of urea groups is 1. The van der Waals surface area contributed by atoms with E-state index in [4.69, 9.17) is 4.74 Å². The number of rotatable bonds is 3. The fraction of sp³-hybridized carbons (Fsp3) is 0.133. The van der Waals surface area contributed by atoms with E-state index in [-0.39, 0.29) is 5.82 Å². The van der Waals surface area contributed by atoms with Gasteiger partial charge < -0.3 is 15.4 Å². The van der Waals surface area contributed by atoms with E-state index in [1.807, 2.05) is 0 Å². The maximum atomic E-state index is 13.3. The molecule has 2 aromatic carbocycles. The topological polar surface area (TPSA) is 50.4 Å². The lowest BCUT2D eigenvalue weighted by atomic mass is 10.2. The van der Waals surface area contributed by atoms with Gasteiger partial charge >= 0.3 is 6.03 Å². The van der Waals surface area contributed by atoms with Crippen LogP contribution in [0.4, 0.5) is 20.6 Å². The van der Waals surface area contributed by atoms with Crippen LogP contribution >= 0.6 is 15.9 Å². The number of aryl methyl sites for hydroxylation is 1. The second-order valence-electron chi connectivity index (χ2n) is 4.39. The van der Waals surface area contributed by atoms with Crippen molar-refractivity contribution in [3.05, 3.63) is 52.3 Å². The lowest BCUT2D eigenvalue weighted by Gasteiger charge is -2.11. The quantitative estimate of drug-likeness (QED) is 0.851. The molecule has 0 radical (unpaired) electrons. The number of benzene rings is 2. The summed E-state index contributed by atoms with van der Waals surface area (Å²) in [6.07, 6.45) is 0. The van der Waals surface area contributed by atoms with Crippen LogP contribution in [0.3, 0.4) is 0 Å². The summed E-state index contributed by atoms with van der Waals surface area (Å²) in [6, 6.07) is 9.46. The third-order valence-corrected chi connectivity index (χ3v) is 3.45. The molecule has 0 fully saturated rings. The van der Waals surface area contributed by atoms with Crippen LogP contribution in [0.1, 0.15) is 5.56 Å². The highest BCUT2D eigenvalue weighted by Gasteiger charge is 2.09. The summed E-state index contributed by atoms with van der Waals surface area (Å²) >= 11 is 3.09. The Kier molecular flexibility index (Phi) is 4.80. The van der Waals surface area contributed by atoms with Crippen molar-refractivity contribution in [1.29, 1.82) is 0 Å². The van der Waals surface area contributed by atoms with Gasteiger partial charge in [-0.2, -0.15) is 0 Å². The second kappa shape index (κ2) is 6.58. The van der Waals surface area contributed by atoms with Crippen molar-refractivity contribution in [3.63, 3.8) is 0 Å². The number of nitrogens with one attached hydrogen (secondary N) is 2. The smallest absolute Gasteiger partial charge is 0.323 e. The highest BCUT2D eigenvalue weighted by Crippen LogP contribution is 2.24. The zero-order chi connectivity index (χ0) is 15.4. The third kappa shape index (κ3) is 3.95. The number of halogens is 2. The molecule has 21 heavy (non-hydrogen) atoms. The van der Waals surface area contributed by atoms with Crippen LogP contribution in [-0.4, -0.2) is 13.1 Å². The Morgan fingerprint density at radius 2 is 2.00 bits per heavy atom. The molecule has 0 spiro atoms. The van der Waals surface area contributed by atoms with E-state index in [0.29, 0.717) is 27.2 Å². The van der Waals surface area contributed by atoms with Crippen molar-refractivity contribution < 1.29 is 13.9 Å². The first-order chi connectivity index (χ1) is 9.99. The number of anilines is 2. The van der Waals surface area contributed by atoms with Gasteiger partial charge in [-0.05, 0) is 52.7 Å². The molecular weight excluding hydrogens is 339 g/mol. The molecule has 2 N–H and O–H groups in total. The third-order valence-electron chi connectivity index (χ3n) is 2.84. The summed E-state index contributed by atoms with van der Waals surface area (Å²) in [5, 5.41) is 5.36. The van der Waals surface area contributed by atoms with Crippen molar-refractivity contribution in [3.8, 4) is 5.75 Å². The number of methoxy groups -OCH3 is 1. The Balaban J connectivity index is 2.09.